The number of pyridine rings is 1. The van der Waals surface area contributed by atoms with E-state index in [1.54, 1.807) is 42.6 Å². The minimum Gasteiger partial charge on any atom is -0.392 e. The summed E-state index contributed by atoms with van der Waals surface area (Å²) >= 11 is 0. The van der Waals surface area contributed by atoms with Gasteiger partial charge in [-0.05, 0) is 76.3 Å². The largest absolute Gasteiger partial charge is 0.392 e. The van der Waals surface area contributed by atoms with Crippen LogP contribution in [0.3, 0.4) is 0 Å². The number of nitrogens with zero attached hydrogens (tertiary/aromatic N) is 1. The second kappa shape index (κ2) is 8.52. The number of rotatable bonds is 4. The van der Waals surface area contributed by atoms with Crippen molar-refractivity contribution in [3.05, 3.63) is 114 Å². The molecule has 1 heterocycles. The molecule has 0 saturated carbocycles. The van der Waals surface area contributed by atoms with E-state index in [1.807, 2.05) is 12.1 Å². The summed E-state index contributed by atoms with van der Waals surface area (Å²) in [5, 5.41) is 10.8. The van der Waals surface area contributed by atoms with Crippen molar-refractivity contribution in [2.75, 3.05) is 0 Å². The number of hydrogen-bond donors (Lipinski definition) is 1. The second-order valence-corrected chi connectivity index (χ2v) is 7.76. The van der Waals surface area contributed by atoms with E-state index < -0.39 is 0 Å². The molecule has 0 aliphatic rings. The Bertz CT molecular complexity index is 1440. The van der Waals surface area contributed by atoms with Crippen LogP contribution in [0.15, 0.2) is 91.1 Å². The number of fused-ring (bicyclic) bond motifs is 1. The number of aromatic nitrogens is 1. The lowest BCUT2D eigenvalue weighted by Crippen LogP contribution is -1.97. The lowest BCUT2D eigenvalue weighted by molar-refractivity contribution is 0.282. The zero-order valence-electron chi connectivity index (χ0n) is 17.4. The topological polar surface area (TPSA) is 33.1 Å². The van der Waals surface area contributed by atoms with Crippen molar-refractivity contribution in [2.45, 2.75) is 6.61 Å². The number of hydrogen-bond acceptors (Lipinski definition) is 2. The first-order chi connectivity index (χ1) is 16.0. The molecule has 0 aliphatic heterocycles. The summed E-state index contributed by atoms with van der Waals surface area (Å²) in [5.74, 6) is -1.04. The van der Waals surface area contributed by atoms with Crippen LogP contribution >= 0.6 is 0 Å². The van der Waals surface area contributed by atoms with E-state index in [2.05, 4.69) is 4.98 Å². The third-order valence-electron chi connectivity index (χ3n) is 5.69. The zero-order valence-corrected chi connectivity index (χ0v) is 17.4. The van der Waals surface area contributed by atoms with E-state index in [4.69, 9.17) is 0 Å². The van der Waals surface area contributed by atoms with Gasteiger partial charge in [0.15, 0.2) is 0 Å². The molecule has 5 aromatic rings. The van der Waals surface area contributed by atoms with E-state index in [0.717, 1.165) is 38.8 Å². The minimum atomic E-state index is -0.360. The lowest BCUT2D eigenvalue weighted by atomic mass is 9.90. The average Bonchev–Trinajstić information content (AvgIpc) is 2.84. The van der Waals surface area contributed by atoms with Gasteiger partial charge in [0, 0.05) is 22.7 Å². The van der Waals surface area contributed by atoms with Crippen LogP contribution in [-0.4, -0.2) is 10.1 Å². The molecule has 5 heteroatoms. The predicted molar refractivity (Wildman–Crippen MR) is 124 cm³/mol. The molecule has 0 aliphatic carbocycles. The fraction of sp³-hybridized carbons (Fsp3) is 0.0357. The van der Waals surface area contributed by atoms with Gasteiger partial charge in [-0.2, -0.15) is 0 Å². The molecule has 0 atom stereocenters. The zero-order chi connectivity index (χ0) is 22.9. The first-order valence-corrected chi connectivity index (χ1v) is 10.4. The maximum absolute atomic E-state index is 13.6. The monoisotopic (exact) mass is 441 g/mol. The number of benzene rings is 4. The van der Waals surface area contributed by atoms with E-state index >= 15 is 0 Å². The average molecular weight is 441 g/mol. The van der Waals surface area contributed by atoms with Gasteiger partial charge >= 0.3 is 0 Å². The van der Waals surface area contributed by atoms with Gasteiger partial charge in [0.2, 0.25) is 0 Å². The van der Waals surface area contributed by atoms with Gasteiger partial charge < -0.3 is 5.11 Å². The van der Waals surface area contributed by atoms with Gasteiger partial charge in [-0.25, -0.2) is 13.2 Å². The fourth-order valence-corrected chi connectivity index (χ4v) is 4.08. The molecule has 0 unspecified atom stereocenters. The molecule has 0 amide bonds. The molecular formula is C28H18F3NO. The van der Waals surface area contributed by atoms with Crippen LogP contribution in [0.25, 0.3) is 44.3 Å². The Hall–Kier alpha value is -3.96. The molecule has 1 aromatic heterocycles. The summed E-state index contributed by atoms with van der Waals surface area (Å²) in [6.45, 7) is -0.248. The Balaban J connectivity index is 1.87. The van der Waals surface area contributed by atoms with Crippen LogP contribution in [0.5, 0.6) is 0 Å². The Kier molecular flexibility index (Phi) is 5.40. The van der Waals surface area contributed by atoms with Crippen LogP contribution in [0, 0.1) is 17.5 Å². The molecule has 0 spiro atoms. The molecule has 0 radical (unpaired) electrons. The molecule has 1 N–H and O–H groups in total. The summed E-state index contributed by atoms with van der Waals surface area (Å²) in [6.07, 6.45) is 1.60. The Labute approximate surface area is 188 Å². The van der Waals surface area contributed by atoms with Crippen molar-refractivity contribution in [3.63, 3.8) is 0 Å². The summed E-state index contributed by atoms with van der Waals surface area (Å²) in [6, 6.07) is 22.2. The third-order valence-corrected chi connectivity index (χ3v) is 5.69. The van der Waals surface area contributed by atoms with Crippen molar-refractivity contribution in [3.8, 4) is 33.4 Å². The Morgan fingerprint density at radius 1 is 0.606 bits per heavy atom. The SMILES string of the molecule is OCc1cnc2c(-c3ccc(F)cc3)cc(-c3ccc(F)cc3)cc2c1-c1ccc(F)cc1. The first kappa shape index (κ1) is 20.9. The van der Waals surface area contributed by atoms with Crippen molar-refractivity contribution < 1.29 is 18.3 Å². The van der Waals surface area contributed by atoms with Crippen LogP contribution < -0.4 is 0 Å². The van der Waals surface area contributed by atoms with E-state index in [-0.39, 0.29) is 24.1 Å². The Morgan fingerprint density at radius 3 is 1.67 bits per heavy atom. The van der Waals surface area contributed by atoms with Gasteiger partial charge in [0.05, 0.1) is 12.1 Å². The molecular weight excluding hydrogens is 423 g/mol. The van der Waals surface area contributed by atoms with Crippen molar-refractivity contribution in [1.82, 2.24) is 4.98 Å². The minimum absolute atomic E-state index is 0.248. The maximum atomic E-state index is 13.6. The lowest BCUT2D eigenvalue weighted by Gasteiger charge is -2.16. The standard InChI is InChI=1S/C28H18F3NO/c29-22-7-1-17(2-8-22)20-13-25(18-3-9-23(30)10-4-18)28-26(14-20)27(21(16-33)15-32-28)19-5-11-24(31)12-6-19/h1-15,33H,16H2. The molecule has 0 bridgehead atoms. The highest BCUT2D eigenvalue weighted by Crippen LogP contribution is 2.39. The van der Waals surface area contributed by atoms with E-state index in [9.17, 15) is 18.3 Å². The first-order valence-electron chi connectivity index (χ1n) is 10.4. The molecule has 162 valence electrons. The summed E-state index contributed by atoms with van der Waals surface area (Å²) in [7, 11) is 0. The smallest absolute Gasteiger partial charge is 0.123 e. The normalized spacial score (nSPS) is 11.2. The van der Waals surface area contributed by atoms with Gasteiger partial charge in [-0.3, -0.25) is 4.98 Å². The maximum Gasteiger partial charge on any atom is 0.123 e. The number of halogens is 3. The molecule has 2 nitrogen and oxygen atoms in total. The quantitative estimate of drug-likeness (QED) is 0.321. The fourth-order valence-electron chi connectivity index (χ4n) is 4.08. The highest BCUT2D eigenvalue weighted by Gasteiger charge is 2.16. The second-order valence-electron chi connectivity index (χ2n) is 7.76. The van der Waals surface area contributed by atoms with E-state index in [0.29, 0.717) is 11.1 Å². The number of aliphatic hydroxyl groups excluding tert-OH is 1. The van der Waals surface area contributed by atoms with Crippen molar-refractivity contribution in [2.24, 2.45) is 0 Å². The van der Waals surface area contributed by atoms with Crippen LogP contribution in [-0.2, 0) is 6.61 Å². The highest BCUT2D eigenvalue weighted by atomic mass is 19.1. The molecule has 5 rings (SSSR count). The third kappa shape index (κ3) is 3.99. The molecule has 0 saturated heterocycles. The van der Waals surface area contributed by atoms with Crippen molar-refractivity contribution >= 4 is 10.9 Å². The summed E-state index contributed by atoms with van der Waals surface area (Å²) in [5.41, 5.74) is 5.84. The van der Waals surface area contributed by atoms with Crippen LogP contribution in [0.2, 0.25) is 0 Å². The van der Waals surface area contributed by atoms with E-state index in [1.165, 1.54) is 36.4 Å². The molecule has 0 fully saturated rings. The van der Waals surface area contributed by atoms with Crippen molar-refractivity contribution in [1.29, 1.82) is 0 Å². The molecule has 4 aromatic carbocycles. The highest BCUT2D eigenvalue weighted by molar-refractivity contribution is 6.05. The van der Waals surface area contributed by atoms with Gasteiger partial charge in [-0.1, -0.05) is 36.4 Å². The van der Waals surface area contributed by atoms with Gasteiger partial charge in [0.1, 0.15) is 17.5 Å². The Morgan fingerprint density at radius 2 is 1.12 bits per heavy atom. The molecule has 33 heavy (non-hydrogen) atoms. The van der Waals surface area contributed by atoms with Gasteiger partial charge in [-0.15, -0.1) is 0 Å². The number of aliphatic hydroxyl groups is 1. The van der Waals surface area contributed by atoms with Crippen LogP contribution in [0.4, 0.5) is 13.2 Å². The van der Waals surface area contributed by atoms with Gasteiger partial charge in [0.25, 0.3) is 0 Å². The summed E-state index contributed by atoms with van der Waals surface area (Å²) < 4.78 is 40.8. The predicted octanol–water partition coefficient (Wildman–Crippen LogP) is 7.15. The summed E-state index contributed by atoms with van der Waals surface area (Å²) in [4.78, 5) is 4.62. The van der Waals surface area contributed by atoms with Crippen LogP contribution in [0.1, 0.15) is 5.56 Å².